The van der Waals surface area contributed by atoms with Gasteiger partial charge in [-0.25, -0.2) is 14.0 Å². The van der Waals surface area contributed by atoms with Gasteiger partial charge in [-0.2, -0.15) is 0 Å². The van der Waals surface area contributed by atoms with Crippen LogP contribution in [0.5, 0.6) is 0 Å². The second kappa shape index (κ2) is 10.2. The molecule has 0 saturated carbocycles. The maximum Gasteiger partial charge on any atom is 0.336 e. The highest BCUT2D eigenvalue weighted by Gasteiger charge is 2.40. The van der Waals surface area contributed by atoms with E-state index in [1.807, 2.05) is 20.8 Å². The number of rotatable bonds is 8. The smallest absolute Gasteiger partial charge is 0.336 e. The van der Waals surface area contributed by atoms with E-state index in [2.05, 4.69) is 5.32 Å². The van der Waals surface area contributed by atoms with Gasteiger partial charge in [0, 0.05) is 11.4 Å². The van der Waals surface area contributed by atoms with Crippen molar-refractivity contribution in [2.45, 2.75) is 53.4 Å². The number of halogens is 1. The molecule has 1 heterocycles. The Bertz CT molecular complexity index is 809. The van der Waals surface area contributed by atoms with E-state index >= 15 is 0 Å². The fraction of sp³-hybridized carbons (Fsp3) is 0.478. The molecule has 158 valence electrons. The zero-order valence-electron chi connectivity index (χ0n) is 17.8. The summed E-state index contributed by atoms with van der Waals surface area (Å²) in [4.78, 5) is 26.0. The van der Waals surface area contributed by atoms with E-state index in [4.69, 9.17) is 9.47 Å². The molecule has 1 unspecified atom stereocenters. The van der Waals surface area contributed by atoms with Gasteiger partial charge in [0.25, 0.3) is 0 Å². The zero-order valence-corrected chi connectivity index (χ0v) is 17.8. The number of benzene rings is 1. The molecule has 29 heavy (non-hydrogen) atoms. The van der Waals surface area contributed by atoms with Gasteiger partial charge < -0.3 is 14.8 Å². The van der Waals surface area contributed by atoms with Crippen molar-refractivity contribution in [3.8, 4) is 0 Å². The molecule has 0 amide bonds. The summed E-state index contributed by atoms with van der Waals surface area (Å²) in [6.45, 7) is 9.87. The fourth-order valence-corrected chi connectivity index (χ4v) is 3.55. The molecule has 0 radical (unpaired) electrons. The molecule has 1 aliphatic rings. The van der Waals surface area contributed by atoms with Crippen LogP contribution in [0, 0.1) is 11.7 Å². The third-order valence-electron chi connectivity index (χ3n) is 4.75. The monoisotopic (exact) mass is 403 g/mol. The van der Waals surface area contributed by atoms with Crippen LogP contribution in [0.4, 0.5) is 4.39 Å². The minimum Gasteiger partial charge on any atom is -0.463 e. The van der Waals surface area contributed by atoms with Gasteiger partial charge in [0.15, 0.2) is 0 Å². The maximum atomic E-state index is 13.6. The van der Waals surface area contributed by atoms with E-state index in [9.17, 15) is 14.0 Å². The lowest BCUT2D eigenvalue weighted by atomic mass is 9.78. The highest BCUT2D eigenvalue weighted by atomic mass is 19.1. The van der Waals surface area contributed by atoms with Gasteiger partial charge in [0.2, 0.25) is 0 Å². The first-order valence-electron chi connectivity index (χ1n) is 10.2. The molecule has 5 nitrogen and oxygen atoms in total. The third-order valence-corrected chi connectivity index (χ3v) is 4.75. The second-order valence-corrected chi connectivity index (χ2v) is 7.17. The number of hydrogen-bond acceptors (Lipinski definition) is 5. The topological polar surface area (TPSA) is 64.6 Å². The predicted molar refractivity (Wildman–Crippen MR) is 109 cm³/mol. The lowest BCUT2D eigenvalue weighted by Crippen LogP contribution is -2.35. The third kappa shape index (κ3) is 5.05. The molecule has 6 heteroatoms. The summed E-state index contributed by atoms with van der Waals surface area (Å²) in [7, 11) is 0. The SMILES string of the molecule is CCCC1=C(C(=O)OCC)C(c2ccc(F)cc2)C(C(=O)OCC)=C(C(C)C)N1. The van der Waals surface area contributed by atoms with Crippen molar-refractivity contribution < 1.29 is 23.5 Å². The minimum atomic E-state index is -0.686. The Labute approximate surface area is 172 Å². The van der Waals surface area contributed by atoms with Crippen LogP contribution in [0.2, 0.25) is 0 Å². The van der Waals surface area contributed by atoms with Crippen LogP contribution in [0.1, 0.15) is 58.9 Å². The van der Waals surface area contributed by atoms with Crippen molar-refractivity contribution in [2.75, 3.05) is 13.2 Å². The number of dihydropyridines is 1. The molecular formula is C23H30FNO4. The van der Waals surface area contributed by atoms with Crippen LogP contribution in [-0.2, 0) is 19.1 Å². The fourth-order valence-electron chi connectivity index (χ4n) is 3.55. The first-order chi connectivity index (χ1) is 13.8. The normalized spacial score (nSPS) is 16.7. The van der Waals surface area contributed by atoms with Crippen molar-refractivity contribution in [1.82, 2.24) is 5.32 Å². The van der Waals surface area contributed by atoms with Gasteiger partial charge in [0.05, 0.1) is 30.3 Å². The number of carbonyl (C=O) groups excluding carboxylic acids is 2. The second-order valence-electron chi connectivity index (χ2n) is 7.17. The van der Waals surface area contributed by atoms with Gasteiger partial charge in [-0.05, 0) is 43.9 Å². The number of nitrogens with one attached hydrogen (secondary N) is 1. The van der Waals surface area contributed by atoms with Crippen LogP contribution in [0.25, 0.3) is 0 Å². The van der Waals surface area contributed by atoms with Crippen molar-refractivity contribution in [3.63, 3.8) is 0 Å². The first kappa shape index (κ1) is 22.7. The van der Waals surface area contributed by atoms with Gasteiger partial charge in [0.1, 0.15) is 5.82 Å². The summed E-state index contributed by atoms with van der Waals surface area (Å²) in [5.41, 5.74) is 2.85. The standard InChI is InChI=1S/C23H30FNO4/c1-6-9-17-19(22(26)28-7-2)18(15-10-12-16(24)13-11-15)20(23(27)29-8-3)21(25-17)14(4)5/h10-14,18,25H,6-9H2,1-5H3. The lowest BCUT2D eigenvalue weighted by Gasteiger charge is -2.34. The summed E-state index contributed by atoms with van der Waals surface area (Å²) in [6, 6.07) is 5.87. The summed E-state index contributed by atoms with van der Waals surface area (Å²) >= 11 is 0. The lowest BCUT2D eigenvalue weighted by molar-refractivity contribution is -0.139. The molecule has 1 aliphatic heterocycles. The van der Waals surface area contributed by atoms with E-state index in [1.165, 1.54) is 12.1 Å². The largest absolute Gasteiger partial charge is 0.463 e. The van der Waals surface area contributed by atoms with Gasteiger partial charge >= 0.3 is 11.9 Å². The van der Waals surface area contributed by atoms with Crippen molar-refractivity contribution >= 4 is 11.9 Å². The summed E-state index contributed by atoms with van der Waals surface area (Å²) in [5, 5.41) is 3.33. The van der Waals surface area contributed by atoms with Crippen LogP contribution in [-0.4, -0.2) is 25.2 Å². The van der Waals surface area contributed by atoms with Crippen LogP contribution in [0.3, 0.4) is 0 Å². The molecule has 0 spiro atoms. The highest BCUT2D eigenvalue weighted by Crippen LogP contribution is 2.41. The molecular weight excluding hydrogens is 373 g/mol. The Balaban J connectivity index is 2.78. The highest BCUT2D eigenvalue weighted by molar-refractivity contribution is 6.00. The van der Waals surface area contributed by atoms with Crippen LogP contribution in [0.15, 0.2) is 46.8 Å². The molecule has 2 rings (SSSR count). The van der Waals surface area contributed by atoms with E-state index in [-0.39, 0.29) is 24.9 Å². The van der Waals surface area contributed by atoms with Crippen molar-refractivity contribution in [1.29, 1.82) is 0 Å². The Morgan fingerprint density at radius 1 is 1.00 bits per heavy atom. The van der Waals surface area contributed by atoms with Gasteiger partial charge in [-0.3, -0.25) is 0 Å². The number of allylic oxidation sites excluding steroid dienone is 2. The molecule has 1 atom stereocenters. The molecule has 1 aromatic carbocycles. The number of hydrogen-bond donors (Lipinski definition) is 1. The Morgan fingerprint density at radius 3 is 2.03 bits per heavy atom. The Kier molecular flexibility index (Phi) is 8.00. The quantitative estimate of drug-likeness (QED) is 0.643. The molecule has 0 aromatic heterocycles. The average Bonchev–Trinajstić information content (AvgIpc) is 2.68. The molecule has 1 N–H and O–H groups in total. The maximum absolute atomic E-state index is 13.6. The summed E-state index contributed by atoms with van der Waals surface area (Å²) in [5.74, 6) is -2.05. The summed E-state index contributed by atoms with van der Waals surface area (Å²) < 4.78 is 24.3. The first-order valence-corrected chi connectivity index (χ1v) is 10.2. The minimum absolute atomic E-state index is 0.00652. The van der Waals surface area contributed by atoms with Gasteiger partial charge in [-0.1, -0.05) is 39.3 Å². The molecule has 0 fully saturated rings. The van der Waals surface area contributed by atoms with Crippen molar-refractivity contribution in [3.05, 3.63) is 58.2 Å². The predicted octanol–water partition coefficient (Wildman–Crippen LogP) is 4.60. The zero-order chi connectivity index (χ0) is 21.6. The van der Waals surface area contributed by atoms with Gasteiger partial charge in [-0.15, -0.1) is 0 Å². The van der Waals surface area contributed by atoms with Crippen LogP contribution < -0.4 is 5.32 Å². The average molecular weight is 403 g/mol. The van der Waals surface area contributed by atoms with E-state index in [0.29, 0.717) is 28.8 Å². The molecule has 0 bridgehead atoms. The number of esters is 2. The van der Waals surface area contributed by atoms with Crippen LogP contribution >= 0.6 is 0 Å². The number of ether oxygens (including phenoxy) is 2. The van der Waals surface area contributed by atoms with E-state index in [1.54, 1.807) is 26.0 Å². The molecule has 0 saturated heterocycles. The summed E-state index contributed by atoms with van der Waals surface area (Å²) in [6.07, 6.45) is 1.43. The molecule has 1 aromatic rings. The Hall–Kier alpha value is -2.63. The van der Waals surface area contributed by atoms with Crippen molar-refractivity contribution in [2.24, 2.45) is 5.92 Å². The molecule has 0 aliphatic carbocycles. The van der Waals surface area contributed by atoms with E-state index < -0.39 is 17.9 Å². The Morgan fingerprint density at radius 2 is 1.55 bits per heavy atom. The number of carbonyl (C=O) groups is 2. The van der Waals surface area contributed by atoms with E-state index in [0.717, 1.165) is 12.1 Å².